The van der Waals surface area contributed by atoms with Crippen molar-refractivity contribution in [1.82, 2.24) is 4.57 Å². The highest BCUT2D eigenvalue weighted by atomic mass is 16.3. The third kappa shape index (κ3) is 3.30. The van der Waals surface area contributed by atoms with Crippen molar-refractivity contribution in [1.29, 1.82) is 0 Å². The monoisotopic (exact) mass is 581 g/mol. The molecular weight excluding hydrogens is 546 g/mol. The molecule has 0 saturated heterocycles. The molecule has 0 bridgehead atoms. The lowest BCUT2D eigenvalue weighted by Crippen LogP contribution is -2.23. The molecule has 2 nitrogen and oxygen atoms in total. The smallest absolute Gasteiger partial charge is 0.144 e. The van der Waals surface area contributed by atoms with Gasteiger partial charge >= 0.3 is 0 Å². The Hall–Kier alpha value is -4.82. The Morgan fingerprint density at radius 3 is 2.71 bits per heavy atom. The molecule has 2 aromatic heterocycles. The maximum atomic E-state index is 6.79. The lowest BCUT2D eigenvalue weighted by molar-refractivity contribution is 0.505. The largest absolute Gasteiger partial charge is 0.459 e. The molecule has 4 aromatic carbocycles. The van der Waals surface area contributed by atoms with E-state index in [0.29, 0.717) is 17.8 Å². The fourth-order valence-electron chi connectivity index (χ4n) is 9.02. The third-order valence-corrected chi connectivity index (χ3v) is 11.2. The number of furan rings is 1. The number of hydrogen-bond donors (Lipinski definition) is 0. The molecule has 4 atom stereocenters. The summed E-state index contributed by atoms with van der Waals surface area (Å²) < 4.78 is 9.26. The van der Waals surface area contributed by atoms with Gasteiger partial charge in [-0.25, -0.2) is 0 Å². The van der Waals surface area contributed by atoms with Gasteiger partial charge in [-0.3, -0.25) is 0 Å². The number of nitrogens with zero attached hydrogens (tertiary/aromatic N) is 1. The van der Waals surface area contributed by atoms with Gasteiger partial charge in [-0.1, -0.05) is 106 Å². The Labute approximate surface area is 263 Å². The van der Waals surface area contributed by atoms with Gasteiger partial charge in [0.2, 0.25) is 0 Å². The van der Waals surface area contributed by atoms with Gasteiger partial charge in [0.1, 0.15) is 11.3 Å². The molecule has 218 valence electrons. The standard InChI is InChI=1S/C43H35NO/c1-25-16-20-37-34(23-25)40-38(21-19-32-31-13-6-9-26(2)41(31)45-42(32)40)44(37)28-11-7-10-27(24-28)29-17-18-33-35-14-4-5-22-43(35,3)36-15-8-12-30(29)39(33)36/h4-8,10-22,24-26,35H,9,23H2,1-3H3. The van der Waals surface area contributed by atoms with Crippen LogP contribution in [-0.2, 0) is 11.8 Å². The van der Waals surface area contributed by atoms with Crippen LogP contribution in [-0.4, -0.2) is 4.57 Å². The molecule has 0 amide bonds. The number of fused-ring (bicyclic) bond motifs is 10. The van der Waals surface area contributed by atoms with Crippen LogP contribution in [0.25, 0.3) is 61.6 Å². The second-order valence-electron chi connectivity index (χ2n) is 14.0. The Bertz CT molecular complexity index is 2390. The van der Waals surface area contributed by atoms with E-state index < -0.39 is 0 Å². The molecule has 0 saturated carbocycles. The van der Waals surface area contributed by atoms with E-state index in [4.69, 9.17) is 4.42 Å². The fraction of sp³-hybridized carbons (Fsp3) is 0.209. The summed E-state index contributed by atoms with van der Waals surface area (Å²) in [7, 11) is 0. The van der Waals surface area contributed by atoms with Gasteiger partial charge in [-0.2, -0.15) is 0 Å². The summed E-state index contributed by atoms with van der Waals surface area (Å²) >= 11 is 0. The van der Waals surface area contributed by atoms with E-state index in [1.165, 1.54) is 71.8 Å². The van der Waals surface area contributed by atoms with E-state index in [-0.39, 0.29) is 5.41 Å². The zero-order valence-electron chi connectivity index (χ0n) is 26.0. The van der Waals surface area contributed by atoms with Gasteiger partial charge < -0.3 is 8.98 Å². The van der Waals surface area contributed by atoms with E-state index >= 15 is 0 Å². The van der Waals surface area contributed by atoms with Crippen molar-refractivity contribution in [2.24, 2.45) is 5.92 Å². The molecule has 2 heterocycles. The average Bonchev–Trinajstić information content (AvgIpc) is 3.69. The highest BCUT2D eigenvalue weighted by molar-refractivity contribution is 6.11. The maximum absolute atomic E-state index is 6.79. The van der Waals surface area contributed by atoms with Crippen LogP contribution < -0.4 is 0 Å². The van der Waals surface area contributed by atoms with Gasteiger partial charge in [0.25, 0.3) is 0 Å². The second kappa shape index (κ2) is 8.88. The molecule has 10 rings (SSSR count). The predicted octanol–water partition coefficient (Wildman–Crippen LogP) is 11.4. The normalized spacial score (nSPS) is 24.1. The molecule has 0 fully saturated rings. The van der Waals surface area contributed by atoms with Crippen molar-refractivity contribution in [3.8, 4) is 16.8 Å². The summed E-state index contributed by atoms with van der Waals surface area (Å²) in [5, 5.41) is 5.29. The number of benzene rings is 4. The van der Waals surface area contributed by atoms with Crippen LogP contribution in [0.15, 0.2) is 108 Å². The number of allylic oxidation sites excluding steroid dienone is 6. The first kappa shape index (κ1) is 25.5. The molecule has 0 radical (unpaired) electrons. The van der Waals surface area contributed by atoms with E-state index in [0.717, 1.165) is 24.2 Å². The summed E-state index contributed by atoms with van der Waals surface area (Å²) in [6.07, 6.45) is 20.5. The molecule has 45 heavy (non-hydrogen) atoms. The van der Waals surface area contributed by atoms with Gasteiger partial charge in [0.05, 0.1) is 5.52 Å². The molecule has 0 aliphatic heterocycles. The first-order chi connectivity index (χ1) is 22.0. The lowest BCUT2D eigenvalue weighted by Gasteiger charge is -2.30. The minimum absolute atomic E-state index is 0.00759. The van der Waals surface area contributed by atoms with Crippen molar-refractivity contribution in [2.75, 3.05) is 0 Å². The second-order valence-corrected chi connectivity index (χ2v) is 14.0. The summed E-state index contributed by atoms with van der Waals surface area (Å²) in [5.74, 6) is 2.41. The minimum Gasteiger partial charge on any atom is -0.459 e. The third-order valence-electron chi connectivity index (χ3n) is 11.2. The Morgan fingerprint density at radius 1 is 0.867 bits per heavy atom. The maximum Gasteiger partial charge on any atom is 0.144 e. The highest BCUT2D eigenvalue weighted by Crippen LogP contribution is 2.55. The van der Waals surface area contributed by atoms with Crippen LogP contribution >= 0.6 is 0 Å². The summed E-state index contributed by atoms with van der Waals surface area (Å²) in [6, 6.07) is 25.4. The zero-order chi connectivity index (χ0) is 30.0. The van der Waals surface area contributed by atoms with Gasteiger partial charge in [0, 0.05) is 45.0 Å². The highest BCUT2D eigenvalue weighted by Gasteiger charge is 2.42. The van der Waals surface area contributed by atoms with Crippen LogP contribution in [0.1, 0.15) is 72.7 Å². The SMILES string of the molecule is CC1C=Cc2c(c3c4oc5c(c4ccc3n2-c2cccc(-c3ccc4c6c(cccc36)C3(C)C=CC=CC43)c2)C=CCC5C)C1. The first-order valence-electron chi connectivity index (χ1n) is 16.5. The molecule has 4 aliphatic rings. The predicted molar refractivity (Wildman–Crippen MR) is 188 cm³/mol. The first-order valence-corrected chi connectivity index (χ1v) is 16.5. The van der Waals surface area contributed by atoms with Crippen LogP contribution in [0.3, 0.4) is 0 Å². The molecule has 0 N–H and O–H groups in total. The fourth-order valence-corrected chi connectivity index (χ4v) is 9.02. The van der Waals surface area contributed by atoms with Gasteiger partial charge in [-0.05, 0) is 87.7 Å². The quantitative estimate of drug-likeness (QED) is 0.199. The molecular formula is C43H35NO. The molecule has 4 aliphatic carbocycles. The number of hydrogen-bond acceptors (Lipinski definition) is 1. The van der Waals surface area contributed by atoms with Crippen LogP contribution in [0, 0.1) is 5.92 Å². The van der Waals surface area contributed by atoms with Crippen molar-refractivity contribution in [3.05, 3.63) is 137 Å². The van der Waals surface area contributed by atoms with Crippen LogP contribution in [0.2, 0.25) is 0 Å². The number of rotatable bonds is 2. The van der Waals surface area contributed by atoms with E-state index in [9.17, 15) is 0 Å². The van der Waals surface area contributed by atoms with Gasteiger partial charge in [0.15, 0.2) is 0 Å². The Balaban J connectivity index is 1.20. The lowest BCUT2D eigenvalue weighted by atomic mass is 9.73. The van der Waals surface area contributed by atoms with E-state index in [1.807, 2.05) is 0 Å². The Kier molecular flexibility index (Phi) is 5.03. The topological polar surface area (TPSA) is 18.1 Å². The summed E-state index contributed by atoms with van der Waals surface area (Å²) in [6.45, 7) is 6.99. The summed E-state index contributed by atoms with van der Waals surface area (Å²) in [5.41, 5.74) is 12.9. The molecule has 2 heteroatoms. The molecule has 6 aromatic rings. The summed E-state index contributed by atoms with van der Waals surface area (Å²) in [4.78, 5) is 0. The van der Waals surface area contributed by atoms with Crippen molar-refractivity contribution in [3.63, 3.8) is 0 Å². The van der Waals surface area contributed by atoms with E-state index in [2.05, 4.69) is 141 Å². The average molecular weight is 582 g/mol. The minimum atomic E-state index is 0.00759. The van der Waals surface area contributed by atoms with Crippen LogP contribution in [0.5, 0.6) is 0 Å². The van der Waals surface area contributed by atoms with Crippen molar-refractivity contribution < 1.29 is 4.42 Å². The number of aromatic nitrogens is 1. The molecule has 4 unspecified atom stereocenters. The van der Waals surface area contributed by atoms with E-state index in [1.54, 1.807) is 0 Å². The van der Waals surface area contributed by atoms with Crippen molar-refractivity contribution in [2.45, 2.75) is 50.9 Å². The zero-order valence-corrected chi connectivity index (χ0v) is 26.0. The van der Waals surface area contributed by atoms with Crippen molar-refractivity contribution >= 4 is 44.8 Å². The molecule has 0 spiro atoms. The van der Waals surface area contributed by atoms with Gasteiger partial charge in [-0.15, -0.1) is 0 Å². The van der Waals surface area contributed by atoms with Crippen LogP contribution in [0.4, 0.5) is 0 Å². The Morgan fingerprint density at radius 2 is 1.78 bits per heavy atom.